The van der Waals surface area contributed by atoms with Crippen molar-refractivity contribution >= 4 is 45.9 Å². The first-order valence-electron chi connectivity index (χ1n) is 10.7. The second-order valence-corrected chi connectivity index (χ2v) is 9.52. The molecule has 160 valence electrons. The Morgan fingerprint density at radius 2 is 2.03 bits per heavy atom. The zero-order valence-corrected chi connectivity index (χ0v) is 18.4. The number of hydrogen-bond donors (Lipinski definition) is 3. The molecule has 2 atom stereocenters. The summed E-state index contributed by atoms with van der Waals surface area (Å²) in [7, 11) is 0. The number of nitrogens with one attached hydrogen (secondary N) is 2. The van der Waals surface area contributed by atoms with Crippen LogP contribution in [0, 0.1) is 0 Å². The van der Waals surface area contributed by atoms with Gasteiger partial charge in [0.2, 0.25) is 0 Å². The van der Waals surface area contributed by atoms with E-state index in [0.29, 0.717) is 22.6 Å². The topological polar surface area (TPSA) is 82.8 Å². The van der Waals surface area contributed by atoms with Crippen molar-refractivity contribution in [2.24, 2.45) is 4.99 Å². The highest BCUT2D eigenvalue weighted by Gasteiger charge is 2.29. The molecule has 0 aromatic heterocycles. The van der Waals surface area contributed by atoms with Crippen LogP contribution < -0.4 is 16.4 Å². The number of nitrogen functional groups attached to an aromatic ring is 1. The van der Waals surface area contributed by atoms with Crippen LogP contribution in [0.25, 0.3) is 5.57 Å². The van der Waals surface area contributed by atoms with E-state index < -0.39 is 0 Å². The second kappa shape index (κ2) is 8.40. The van der Waals surface area contributed by atoms with Gasteiger partial charge in [0, 0.05) is 46.7 Å². The van der Waals surface area contributed by atoms with Gasteiger partial charge in [0.1, 0.15) is 0 Å². The van der Waals surface area contributed by atoms with Crippen molar-refractivity contribution in [3.63, 3.8) is 0 Å². The van der Waals surface area contributed by atoms with E-state index >= 15 is 0 Å². The number of hydrogen-bond acceptors (Lipinski definition) is 6. The fourth-order valence-electron chi connectivity index (χ4n) is 4.58. The monoisotopic (exact) mass is 433 g/mol. The summed E-state index contributed by atoms with van der Waals surface area (Å²) in [6, 6.07) is 14.5. The van der Waals surface area contributed by atoms with Crippen molar-refractivity contribution in [2.45, 2.75) is 37.6 Å². The van der Waals surface area contributed by atoms with E-state index in [4.69, 9.17) is 5.73 Å². The highest BCUT2D eigenvalue weighted by Crippen LogP contribution is 2.35. The maximum atomic E-state index is 12.5. The average molecular weight is 434 g/mol. The van der Waals surface area contributed by atoms with E-state index in [9.17, 15) is 4.79 Å². The molecule has 3 aliphatic heterocycles. The molecular weight excluding hydrogens is 406 g/mol. The number of anilines is 3. The lowest BCUT2D eigenvalue weighted by Gasteiger charge is -2.20. The number of allylic oxidation sites excluding steroid dienone is 1. The first kappa shape index (κ1) is 20.2. The van der Waals surface area contributed by atoms with Crippen molar-refractivity contribution in [3.8, 4) is 0 Å². The van der Waals surface area contributed by atoms with Gasteiger partial charge in [-0.3, -0.25) is 14.7 Å². The van der Waals surface area contributed by atoms with Crippen LogP contribution in [0.3, 0.4) is 0 Å². The molecule has 0 radical (unpaired) electrons. The Kier molecular flexibility index (Phi) is 5.46. The third-order valence-electron chi connectivity index (χ3n) is 6.24. The molecule has 1 saturated heterocycles. The second-order valence-electron chi connectivity index (χ2n) is 8.43. The number of aliphatic imine (C=N–C) groups is 1. The molecule has 0 saturated carbocycles. The average Bonchev–Trinajstić information content (AvgIpc) is 3.28. The van der Waals surface area contributed by atoms with Crippen LogP contribution in [0.4, 0.5) is 17.1 Å². The number of thioether (sulfide) groups is 1. The Hall–Kier alpha value is -2.77. The van der Waals surface area contributed by atoms with Crippen LogP contribution in [0.1, 0.15) is 30.9 Å². The van der Waals surface area contributed by atoms with E-state index in [0.717, 1.165) is 48.7 Å². The molecule has 31 heavy (non-hydrogen) atoms. The Morgan fingerprint density at radius 3 is 2.87 bits per heavy atom. The number of nitrogens with zero attached hydrogens (tertiary/aromatic N) is 2. The van der Waals surface area contributed by atoms with Crippen LogP contribution in [-0.2, 0) is 11.3 Å². The van der Waals surface area contributed by atoms with E-state index in [1.165, 1.54) is 12.0 Å². The van der Waals surface area contributed by atoms with E-state index in [-0.39, 0.29) is 5.91 Å². The summed E-state index contributed by atoms with van der Waals surface area (Å²) in [6.45, 7) is 5.11. The summed E-state index contributed by atoms with van der Waals surface area (Å²) in [5, 5.41) is 6.96. The zero-order valence-electron chi connectivity index (χ0n) is 17.6. The number of likely N-dealkylation sites (tertiary alicyclic amines) is 1. The molecule has 4 N–H and O–H groups in total. The maximum Gasteiger partial charge on any atom is 0.258 e. The van der Waals surface area contributed by atoms with Gasteiger partial charge in [-0.2, -0.15) is 0 Å². The SMILES string of the molecule is C/C(Nc1ccc(CN2CCC3N=CSC3CC2)cc1)=C1/C(=O)Nc2ccc(N)cc21. The first-order valence-corrected chi connectivity index (χ1v) is 11.7. The minimum Gasteiger partial charge on any atom is -0.399 e. The fourth-order valence-corrected chi connectivity index (χ4v) is 5.59. The zero-order chi connectivity index (χ0) is 21.4. The van der Waals surface area contributed by atoms with Crippen molar-refractivity contribution in [1.29, 1.82) is 0 Å². The van der Waals surface area contributed by atoms with Crippen LogP contribution in [0.15, 0.2) is 53.2 Å². The van der Waals surface area contributed by atoms with Crippen molar-refractivity contribution in [3.05, 3.63) is 59.3 Å². The Labute approximate surface area is 187 Å². The number of fused-ring (bicyclic) bond motifs is 2. The summed E-state index contributed by atoms with van der Waals surface area (Å²) in [5.74, 6) is -0.101. The van der Waals surface area contributed by atoms with E-state index in [1.807, 2.05) is 36.4 Å². The van der Waals surface area contributed by atoms with Gasteiger partial charge in [-0.05, 0) is 62.2 Å². The Bertz CT molecular complexity index is 1060. The summed E-state index contributed by atoms with van der Waals surface area (Å²) in [5.41, 5.74) is 14.0. The lowest BCUT2D eigenvalue weighted by Crippen LogP contribution is -2.24. The van der Waals surface area contributed by atoms with Crippen LogP contribution in [-0.4, -0.2) is 40.7 Å². The predicted octanol–water partition coefficient (Wildman–Crippen LogP) is 4.17. The summed E-state index contributed by atoms with van der Waals surface area (Å²) in [6.07, 6.45) is 2.35. The van der Waals surface area contributed by atoms with Crippen LogP contribution >= 0.6 is 11.8 Å². The van der Waals surface area contributed by atoms with Gasteiger partial charge in [-0.15, -0.1) is 11.8 Å². The minimum atomic E-state index is -0.101. The summed E-state index contributed by atoms with van der Waals surface area (Å²) < 4.78 is 0. The normalized spacial score (nSPS) is 24.4. The number of amides is 1. The molecule has 3 heterocycles. The van der Waals surface area contributed by atoms with Crippen LogP contribution in [0.5, 0.6) is 0 Å². The van der Waals surface area contributed by atoms with Crippen LogP contribution in [0.2, 0.25) is 0 Å². The summed E-state index contributed by atoms with van der Waals surface area (Å²) >= 11 is 1.90. The molecule has 2 aromatic carbocycles. The number of rotatable bonds is 4. The molecule has 0 spiro atoms. The highest BCUT2D eigenvalue weighted by molar-refractivity contribution is 8.12. The van der Waals surface area contributed by atoms with Gasteiger partial charge in [-0.1, -0.05) is 12.1 Å². The molecule has 1 fully saturated rings. The van der Waals surface area contributed by atoms with E-state index in [2.05, 4.69) is 44.8 Å². The fraction of sp³-hybridized carbons (Fsp3) is 0.333. The first-order chi connectivity index (χ1) is 15.1. The lowest BCUT2D eigenvalue weighted by molar-refractivity contribution is -0.110. The van der Waals surface area contributed by atoms with Crippen molar-refractivity contribution in [2.75, 3.05) is 29.5 Å². The van der Waals surface area contributed by atoms with Gasteiger partial charge >= 0.3 is 0 Å². The van der Waals surface area contributed by atoms with Gasteiger partial charge in [0.15, 0.2) is 0 Å². The Morgan fingerprint density at radius 1 is 1.23 bits per heavy atom. The molecule has 2 unspecified atom stereocenters. The van der Waals surface area contributed by atoms with Crippen molar-refractivity contribution < 1.29 is 4.79 Å². The van der Waals surface area contributed by atoms with Crippen molar-refractivity contribution in [1.82, 2.24) is 4.90 Å². The van der Waals surface area contributed by atoms with E-state index in [1.54, 1.807) is 6.07 Å². The lowest BCUT2D eigenvalue weighted by atomic mass is 10.0. The quantitative estimate of drug-likeness (QED) is 0.498. The van der Waals surface area contributed by atoms with Gasteiger partial charge in [0.25, 0.3) is 5.91 Å². The largest absolute Gasteiger partial charge is 0.399 e. The number of carbonyl (C=O) groups is 1. The molecule has 3 aliphatic rings. The minimum absolute atomic E-state index is 0.101. The van der Waals surface area contributed by atoms with Gasteiger partial charge < -0.3 is 16.4 Å². The molecular formula is C24H27N5OS. The third-order valence-corrected chi connectivity index (χ3v) is 7.39. The third kappa shape index (κ3) is 4.20. The molecule has 1 amide bonds. The summed E-state index contributed by atoms with van der Waals surface area (Å²) in [4.78, 5) is 19.6. The molecule has 7 heteroatoms. The standard InChI is InChI=1S/C24H27N5OS/c1-15(23-19-12-17(25)4-7-20(19)28-24(23)30)27-18-5-2-16(3-6-18)13-29-10-8-21-22(9-11-29)31-14-26-21/h2-7,12,14,21-22,27H,8-11,13,25H2,1H3,(H,28,30)/b23-15-. The predicted molar refractivity (Wildman–Crippen MR) is 130 cm³/mol. The molecule has 0 aliphatic carbocycles. The maximum absolute atomic E-state index is 12.5. The van der Waals surface area contributed by atoms with Gasteiger partial charge in [-0.25, -0.2) is 0 Å². The number of carbonyl (C=O) groups excluding carboxylic acids is 1. The smallest absolute Gasteiger partial charge is 0.258 e. The number of nitrogens with two attached hydrogens (primary N) is 1. The van der Waals surface area contributed by atoms with Gasteiger partial charge in [0.05, 0.1) is 17.2 Å². The molecule has 6 nitrogen and oxygen atoms in total. The number of benzene rings is 2. The highest BCUT2D eigenvalue weighted by atomic mass is 32.2. The molecule has 0 bridgehead atoms. The Balaban J connectivity index is 1.26. The molecule has 2 aromatic rings. The molecule has 5 rings (SSSR count).